The van der Waals surface area contributed by atoms with Crippen LogP contribution in [0.2, 0.25) is 0 Å². The van der Waals surface area contributed by atoms with Gasteiger partial charge in [0, 0.05) is 19.1 Å². The molecule has 0 saturated heterocycles. The molecule has 0 radical (unpaired) electrons. The molecule has 0 atom stereocenters. The molecule has 0 spiro atoms. The zero-order valence-electron chi connectivity index (χ0n) is 16.5. The van der Waals surface area contributed by atoms with Gasteiger partial charge in [-0.3, -0.25) is 10.1 Å². The van der Waals surface area contributed by atoms with Crippen LogP contribution in [0.25, 0.3) is 0 Å². The monoisotopic (exact) mass is 442 g/mol. The number of nitrogens with one attached hydrogen (secondary N) is 2. The van der Waals surface area contributed by atoms with Crippen molar-refractivity contribution in [3.05, 3.63) is 51.5 Å². The van der Waals surface area contributed by atoms with Crippen molar-refractivity contribution in [1.82, 2.24) is 9.97 Å². The zero-order chi connectivity index (χ0) is 22.6. The van der Waals surface area contributed by atoms with Gasteiger partial charge in [0.2, 0.25) is 11.8 Å². The molecule has 12 heteroatoms. The first-order valence-corrected chi connectivity index (χ1v) is 9.74. The number of halogens is 4. The van der Waals surface area contributed by atoms with Gasteiger partial charge in [0.15, 0.2) is 0 Å². The number of aromatic nitrogens is 2. The lowest BCUT2D eigenvalue weighted by molar-refractivity contribution is -0.384. The van der Waals surface area contributed by atoms with E-state index in [1.54, 1.807) is 0 Å². The van der Waals surface area contributed by atoms with E-state index >= 15 is 0 Å². The van der Waals surface area contributed by atoms with E-state index < -0.39 is 22.5 Å². The van der Waals surface area contributed by atoms with Crippen molar-refractivity contribution in [2.75, 3.05) is 17.2 Å². The van der Waals surface area contributed by atoms with E-state index in [1.165, 1.54) is 0 Å². The molecule has 0 unspecified atom stereocenters. The maximum absolute atomic E-state index is 13.2. The van der Waals surface area contributed by atoms with Crippen LogP contribution in [0.1, 0.15) is 36.8 Å². The Labute approximate surface area is 175 Å². The highest BCUT2D eigenvalue weighted by Gasteiger charge is 2.33. The van der Waals surface area contributed by atoms with Crippen molar-refractivity contribution in [2.24, 2.45) is 11.7 Å². The number of alkyl halides is 3. The van der Waals surface area contributed by atoms with Crippen LogP contribution in [0, 0.1) is 21.8 Å². The number of rotatable bonds is 7. The summed E-state index contributed by atoms with van der Waals surface area (Å²) in [6.07, 6.45) is -0.200. The van der Waals surface area contributed by atoms with E-state index in [-0.39, 0.29) is 35.6 Å². The molecule has 1 fully saturated rings. The fraction of sp³-hybridized carbons (Fsp3) is 0.474. The minimum absolute atomic E-state index is 0.0208. The molecule has 31 heavy (non-hydrogen) atoms. The Morgan fingerprint density at radius 1 is 1.19 bits per heavy atom. The van der Waals surface area contributed by atoms with Gasteiger partial charge in [-0.15, -0.1) is 0 Å². The fourth-order valence-electron chi connectivity index (χ4n) is 3.50. The topological polar surface area (TPSA) is 119 Å². The van der Waals surface area contributed by atoms with Gasteiger partial charge in [0.05, 0.1) is 10.5 Å². The highest BCUT2D eigenvalue weighted by molar-refractivity contribution is 5.57. The smallest absolute Gasteiger partial charge is 0.364 e. The van der Waals surface area contributed by atoms with Gasteiger partial charge < -0.3 is 16.4 Å². The summed E-state index contributed by atoms with van der Waals surface area (Å²) >= 11 is 0. The molecule has 1 aromatic heterocycles. The van der Waals surface area contributed by atoms with Gasteiger partial charge in [0.25, 0.3) is 0 Å². The molecule has 2 aromatic rings. The second kappa shape index (κ2) is 9.41. The summed E-state index contributed by atoms with van der Waals surface area (Å²) in [4.78, 5) is 18.5. The SMILES string of the molecule is N[C@H]1CC[C@H](CNc2nc(NCc3ccc(F)cc3C(F)(F)F)ncc2[N+](=O)[O-])CC1. The van der Waals surface area contributed by atoms with Crippen molar-refractivity contribution < 1.29 is 22.5 Å². The number of benzene rings is 1. The zero-order valence-corrected chi connectivity index (χ0v) is 16.5. The predicted molar refractivity (Wildman–Crippen MR) is 106 cm³/mol. The van der Waals surface area contributed by atoms with E-state index in [2.05, 4.69) is 20.6 Å². The number of nitrogens with zero attached hydrogens (tertiary/aromatic N) is 3. The first-order valence-electron chi connectivity index (χ1n) is 9.74. The van der Waals surface area contributed by atoms with Gasteiger partial charge in [-0.1, -0.05) is 6.07 Å². The Hall–Kier alpha value is -3.02. The second-order valence-electron chi connectivity index (χ2n) is 7.50. The molecule has 0 bridgehead atoms. The summed E-state index contributed by atoms with van der Waals surface area (Å²) < 4.78 is 52.7. The van der Waals surface area contributed by atoms with Crippen LogP contribution in [0.15, 0.2) is 24.4 Å². The number of hydrogen-bond donors (Lipinski definition) is 3. The van der Waals surface area contributed by atoms with Crippen LogP contribution < -0.4 is 16.4 Å². The van der Waals surface area contributed by atoms with Crippen LogP contribution in [-0.2, 0) is 12.7 Å². The van der Waals surface area contributed by atoms with Gasteiger partial charge in [-0.2, -0.15) is 18.2 Å². The van der Waals surface area contributed by atoms with Gasteiger partial charge in [-0.25, -0.2) is 9.37 Å². The molecule has 3 rings (SSSR count). The molecule has 0 aliphatic heterocycles. The lowest BCUT2D eigenvalue weighted by Gasteiger charge is -2.26. The van der Waals surface area contributed by atoms with Gasteiger partial charge in [0.1, 0.15) is 12.0 Å². The van der Waals surface area contributed by atoms with E-state index in [4.69, 9.17) is 5.73 Å². The van der Waals surface area contributed by atoms with Crippen LogP contribution in [0.4, 0.5) is 35.0 Å². The third-order valence-electron chi connectivity index (χ3n) is 5.23. The standard InChI is InChI=1S/C19H22F4N6O2/c20-13-4-3-12(15(7-13)19(21,22)23)9-26-18-27-10-16(29(30)31)17(28-18)25-8-11-1-5-14(24)6-2-11/h3-4,7,10-11,14H,1-2,5-6,8-9,24H2,(H2,25,26,27,28)/t11-,14-. The lowest BCUT2D eigenvalue weighted by atomic mass is 9.86. The fourth-order valence-corrected chi connectivity index (χ4v) is 3.50. The minimum Gasteiger partial charge on any atom is -0.364 e. The summed E-state index contributed by atoms with van der Waals surface area (Å²) in [5.74, 6) is -0.819. The highest BCUT2D eigenvalue weighted by Crippen LogP contribution is 2.33. The molecular formula is C19H22F4N6O2. The Morgan fingerprint density at radius 3 is 2.55 bits per heavy atom. The lowest BCUT2D eigenvalue weighted by Crippen LogP contribution is -2.29. The molecule has 1 heterocycles. The Bertz CT molecular complexity index is 932. The molecule has 0 amide bonds. The molecular weight excluding hydrogens is 420 g/mol. The maximum Gasteiger partial charge on any atom is 0.416 e. The number of nitrogens with two attached hydrogens (primary N) is 1. The van der Waals surface area contributed by atoms with Crippen LogP contribution in [0.5, 0.6) is 0 Å². The number of nitro groups is 1. The van der Waals surface area contributed by atoms with E-state index in [9.17, 15) is 27.7 Å². The molecule has 1 saturated carbocycles. The van der Waals surface area contributed by atoms with Crippen molar-refractivity contribution in [2.45, 2.75) is 44.4 Å². The summed E-state index contributed by atoms with van der Waals surface area (Å²) in [5.41, 5.74) is 4.23. The van der Waals surface area contributed by atoms with Crippen LogP contribution in [-0.4, -0.2) is 27.5 Å². The summed E-state index contributed by atoms with van der Waals surface area (Å²) in [5, 5.41) is 16.9. The average molecular weight is 442 g/mol. The third-order valence-corrected chi connectivity index (χ3v) is 5.23. The molecule has 4 N–H and O–H groups in total. The number of hydrogen-bond acceptors (Lipinski definition) is 7. The Balaban J connectivity index is 1.73. The quantitative estimate of drug-likeness (QED) is 0.336. The average Bonchev–Trinajstić information content (AvgIpc) is 2.71. The van der Waals surface area contributed by atoms with Crippen molar-refractivity contribution in [3.63, 3.8) is 0 Å². The van der Waals surface area contributed by atoms with Gasteiger partial charge >= 0.3 is 11.9 Å². The molecule has 1 aliphatic carbocycles. The molecule has 1 aromatic carbocycles. The molecule has 1 aliphatic rings. The largest absolute Gasteiger partial charge is 0.416 e. The van der Waals surface area contributed by atoms with E-state index in [0.29, 0.717) is 18.5 Å². The van der Waals surface area contributed by atoms with Crippen molar-refractivity contribution in [1.29, 1.82) is 0 Å². The van der Waals surface area contributed by atoms with Crippen molar-refractivity contribution in [3.8, 4) is 0 Å². The third kappa shape index (κ3) is 6.00. The summed E-state index contributed by atoms with van der Waals surface area (Å²) in [6.45, 7) is 0.118. The second-order valence-corrected chi connectivity index (χ2v) is 7.50. The van der Waals surface area contributed by atoms with E-state index in [1.807, 2.05) is 0 Å². The molecule has 8 nitrogen and oxygen atoms in total. The van der Waals surface area contributed by atoms with Crippen LogP contribution in [0.3, 0.4) is 0 Å². The first kappa shape index (κ1) is 22.7. The Kier molecular flexibility index (Phi) is 6.88. The Morgan fingerprint density at radius 2 is 1.90 bits per heavy atom. The normalized spacial score (nSPS) is 19.1. The highest BCUT2D eigenvalue weighted by atomic mass is 19.4. The van der Waals surface area contributed by atoms with Crippen LogP contribution >= 0.6 is 0 Å². The first-order chi connectivity index (χ1) is 14.6. The molecule has 168 valence electrons. The maximum atomic E-state index is 13.2. The number of anilines is 2. The van der Waals surface area contributed by atoms with Gasteiger partial charge in [-0.05, 0) is 49.3 Å². The van der Waals surface area contributed by atoms with E-state index in [0.717, 1.165) is 44.0 Å². The van der Waals surface area contributed by atoms with Crippen molar-refractivity contribution >= 4 is 17.5 Å². The summed E-state index contributed by atoms with van der Waals surface area (Å²) in [7, 11) is 0. The predicted octanol–water partition coefficient (Wildman–Crippen LogP) is 4.08. The minimum atomic E-state index is -4.73. The summed E-state index contributed by atoms with van der Waals surface area (Å²) in [6, 6.07) is 2.53.